The van der Waals surface area contributed by atoms with Crippen molar-refractivity contribution in [1.29, 1.82) is 0 Å². The number of benzene rings is 2. The van der Waals surface area contributed by atoms with Crippen LogP contribution in [0.4, 0.5) is 5.69 Å². The van der Waals surface area contributed by atoms with E-state index in [0.717, 1.165) is 61.5 Å². The molecule has 5 rings (SSSR count). The lowest BCUT2D eigenvalue weighted by atomic mass is 9.77. The predicted octanol–water partition coefficient (Wildman–Crippen LogP) is 4.85. The Kier molecular flexibility index (Phi) is 6.27. The lowest BCUT2D eigenvalue weighted by Gasteiger charge is -2.47. The summed E-state index contributed by atoms with van der Waals surface area (Å²) in [6, 6.07) is 9.11. The predicted molar refractivity (Wildman–Crippen MR) is 129 cm³/mol. The van der Waals surface area contributed by atoms with Gasteiger partial charge in [-0.2, -0.15) is 0 Å². The molecule has 1 aromatic heterocycles. The molecule has 2 saturated heterocycles. The van der Waals surface area contributed by atoms with Gasteiger partial charge < -0.3 is 24.8 Å². The molecule has 2 aliphatic rings. The van der Waals surface area contributed by atoms with E-state index in [1.807, 2.05) is 19.1 Å². The molecule has 2 aromatic carbocycles. The Bertz CT molecular complexity index is 1140. The molecule has 0 amide bonds. The Morgan fingerprint density at radius 1 is 1.15 bits per heavy atom. The van der Waals surface area contributed by atoms with Crippen LogP contribution in [0.15, 0.2) is 36.7 Å². The number of halogens is 1. The first kappa shape index (κ1) is 22.2. The third-order valence-electron chi connectivity index (χ3n) is 6.69. The van der Waals surface area contributed by atoms with Crippen molar-refractivity contribution >= 4 is 28.2 Å². The number of nitrogens with two attached hydrogens (primary N) is 1. The van der Waals surface area contributed by atoms with Gasteiger partial charge in [-0.3, -0.25) is 0 Å². The van der Waals surface area contributed by atoms with Crippen molar-refractivity contribution in [2.24, 2.45) is 5.41 Å². The van der Waals surface area contributed by atoms with Gasteiger partial charge >= 0.3 is 0 Å². The normalized spacial score (nSPS) is 17.8. The van der Waals surface area contributed by atoms with Crippen LogP contribution in [-0.4, -0.2) is 54.3 Å². The van der Waals surface area contributed by atoms with Crippen molar-refractivity contribution in [2.45, 2.75) is 26.2 Å². The van der Waals surface area contributed by atoms with E-state index in [4.69, 9.17) is 31.5 Å². The van der Waals surface area contributed by atoms with Crippen molar-refractivity contribution in [2.75, 3.05) is 45.2 Å². The van der Waals surface area contributed by atoms with E-state index in [2.05, 4.69) is 14.9 Å². The zero-order valence-corrected chi connectivity index (χ0v) is 19.6. The maximum Gasteiger partial charge on any atom is 0.230 e. The molecule has 0 radical (unpaired) electrons. The number of aromatic nitrogens is 2. The van der Waals surface area contributed by atoms with E-state index < -0.39 is 0 Å². The van der Waals surface area contributed by atoms with Gasteiger partial charge in [-0.15, -0.1) is 0 Å². The van der Waals surface area contributed by atoms with Gasteiger partial charge in [0.25, 0.3) is 0 Å². The minimum absolute atomic E-state index is 0.443. The molecule has 2 fully saturated rings. The molecular formula is C25H29ClN4O3. The summed E-state index contributed by atoms with van der Waals surface area (Å²) >= 11 is 6.11. The van der Waals surface area contributed by atoms with Crippen LogP contribution in [0.25, 0.3) is 10.9 Å². The third-order valence-corrected chi connectivity index (χ3v) is 7.02. The summed E-state index contributed by atoms with van der Waals surface area (Å²) in [5.41, 5.74) is 8.56. The Hall–Kier alpha value is -2.61. The SMILES string of the molecule is Cc1cc2c(Oc3ccc(N)c(Cl)c3)ncnc2cc1OCCCN1CCC2(CC1)COC2. The highest BCUT2D eigenvalue weighted by atomic mass is 35.5. The largest absolute Gasteiger partial charge is 0.493 e. The van der Waals surface area contributed by atoms with Crippen LogP contribution < -0.4 is 15.2 Å². The van der Waals surface area contributed by atoms with Crippen molar-refractivity contribution < 1.29 is 14.2 Å². The van der Waals surface area contributed by atoms with Gasteiger partial charge in [0.15, 0.2) is 0 Å². The van der Waals surface area contributed by atoms with Crippen LogP contribution in [0.3, 0.4) is 0 Å². The molecule has 0 aliphatic carbocycles. The van der Waals surface area contributed by atoms with Crippen LogP contribution in [0.5, 0.6) is 17.4 Å². The topological polar surface area (TPSA) is 82.7 Å². The first-order chi connectivity index (χ1) is 16.0. The highest BCUT2D eigenvalue weighted by Gasteiger charge is 2.40. The van der Waals surface area contributed by atoms with E-state index in [1.54, 1.807) is 18.2 Å². The van der Waals surface area contributed by atoms with Crippen LogP contribution in [-0.2, 0) is 4.74 Å². The van der Waals surface area contributed by atoms with Gasteiger partial charge in [-0.25, -0.2) is 9.97 Å². The van der Waals surface area contributed by atoms with Crippen LogP contribution in [0.2, 0.25) is 5.02 Å². The van der Waals surface area contributed by atoms with E-state index in [9.17, 15) is 0 Å². The highest BCUT2D eigenvalue weighted by Crippen LogP contribution is 2.38. The van der Waals surface area contributed by atoms with Gasteiger partial charge in [0.05, 0.1) is 41.4 Å². The van der Waals surface area contributed by atoms with Crippen LogP contribution in [0.1, 0.15) is 24.8 Å². The van der Waals surface area contributed by atoms with Crippen molar-refractivity contribution in [3.63, 3.8) is 0 Å². The van der Waals surface area contributed by atoms with Gasteiger partial charge in [0.1, 0.15) is 17.8 Å². The molecule has 7 nitrogen and oxygen atoms in total. The molecule has 3 aromatic rings. The summed E-state index contributed by atoms with van der Waals surface area (Å²) in [4.78, 5) is 11.3. The first-order valence-corrected chi connectivity index (χ1v) is 11.8. The van der Waals surface area contributed by atoms with Crippen molar-refractivity contribution in [3.05, 3.63) is 47.2 Å². The molecule has 33 heavy (non-hydrogen) atoms. The Balaban J connectivity index is 1.20. The second-order valence-electron chi connectivity index (χ2n) is 9.14. The van der Waals surface area contributed by atoms with Gasteiger partial charge in [0, 0.05) is 24.1 Å². The lowest BCUT2D eigenvalue weighted by molar-refractivity contribution is -0.139. The van der Waals surface area contributed by atoms with E-state index in [1.165, 1.54) is 19.2 Å². The van der Waals surface area contributed by atoms with Crippen molar-refractivity contribution in [1.82, 2.24) is 14.9 Å². The number of piperidine rings is 1. The summed E-state index contributed by atoms with van der Waals surface area (Å²) in [6.45, 7) is 8.00. The number of likely N-dealkylation sites (tertiary alicyclic amines) is 1. The molecule has 1 spiro atoms. The van der Waals surface area contributed by atoms with Gasteiger partial charge in [0.2, 0.25) is 5.88 Å². The maximum absolute atomic E-state index is 6.12. The molecule has 0 saturated carbocycles. The van der Waals surface area contributed by atoms with Crippen molar-refractivity contribution in [3.8, 4) is 17.4 Å². The number of anilines is 1. The molecular weight excluding hydrogens is 440 g/mol. The summed E-state index contributed by atoms with van der Waals surface area (Å²) < 4.78 is 17.5. The summed E-state index contributed by atoms with van der Waals surface area (Å²) in [6.07, 6.45) is 5.00. The number of hydrogen-bond donors (Lipinski definition) is 1. The van der Waals surface area contributed by atoms with Gasteiger partial charge in [-0.05, 0) is 63.0 Å². The fraction of sp³-hybridized carbons (Fsp3) is 0.440. The Morgan fingerprint density at radius 3 is 2.70 bits per heavy atom. The number of hydrogen-bond acceptors (Lipinski definition) is 7. The number of ether oxygens (including phenoxy) is 3. The monoisotopic (exact) mass is 468 g/mol. The van der Waals surface area contributed by atoms with E-state index in [0.29, 0.717) is 34.4 Å². The summed E-state index contributed by atoms with van der Waals surface area (Å²) in [5, 5.41) is 1.26. The average molecular weight is 469 g/mol. The fourth-order valence-electron chi connectivity index (χ4n) is 4.49. The lowest BCUT2D eigenvalue weighted by Crippen LogP contribution is -2.51. The maximum atomic E-state index is 6.12. The van der Waals surface area contributed by atoms with Crippen LogP contribution in [0, 0.1) is 12.3 Å². The number of nitrogens with zero attached hydrogens (tertiary/aromatic N) is 3. The standard InChI is InChI=1S/C25H29ClN4O3/c1-17-11-19-22(28-16-29-24(19)33-18-3-4-21(27)20(26)12-18)13-23(17)32-10-2-7-30-8-5-25(6-9-30)14-31-15-25/h3-4,11-13,16H,2,5-10,14-15,27H2,1H3. The van der Waals surface area contributed by atoms with Crippen LogP contribution >= 0.6 is 11.6 Å². The second kappa shape index (κ2) is 9.33. The number of aryl methyl sites for hydroxylation is 1. The number of fused-ring (bicyclic) bond motifs is 1. The number of rotatable bonds is 7. The third kappa shape index (κ3) is 4.86. The number of nitrogen functional groups attached to an aromatic ring is 1. The molecule has 0 bridgehead atoms. The van der Waals surface area contributed by atoms with Gasteiger partial charge in [-0.1, -0.05) is 11.6 Å². The second-order valence-corrected chi connectivity index (χ2v) is 9.54. The zero-order valence-electron chi connectivity index (χ0n) is 18.8. The zero-order chi connectivity index (χ0) is 22.8. The summed E-state index contributed by atoms with van der Waals surface area (Å²) in [7, 11) is 0. The molecule has 174 valence electrons. The molecule has 0 atom stereocenters. The minimum Gasteiger partial charge on any atom is -0.493 e. The quantitative estimate of drug-likeness (QED) is 0.392. The molecule has 3 heterocycles. The van der Waals surface area contributed by atoms with E-state index >= 15 is 0 Å². The first-order valence-electron chi connectivity index (χ1n) is 11.4. The molecule has 0 unspecified atom stereocenters. The molecule has 2 N–H and O–H groups in total. The Labute approximate surface area is 198 Å². The highest BCUT2D eigenvalue weighted by molar-refractivity contribution is 6.33. The minimum atomic E-state index is 0.443. The molecule has 8 heteroatoms. The Morgan fingerprint density at radius 2 is 1.97 bits per heavy atom. The average Bonchev–Trinajstić information content (AvgIpc) is 2.79. The smallest absolute Gasteiger partial charge is 0.230 e. The molecule has 2 aliphatic heterocycles. The summed E-state index contributed by atoms with van der Waals surface area (Å²) in [5.74, 6) is 1.88. The fourth-order valence-corrected chi connectivity index (χ4v) is 4.66. The van der Waals surface area contributed by atoms with E-state index in [-0.39, 0.29) is 0 Å².